The summed E-state index contributed by atoms with van der Waals surface area (Å²) in [6.07, 6.45) is -0.262. The Morgan fingerprint density at radius 1 is 1.06 bits per heavy atom. The van der Waals surface area contributed by atoms with Crippen LogP contribution in [0.5, 0.6) is 0 Å². The average Bonchev–Trinajstić information content (AvgIpc) is 2.31. The Hall–Kier alpha value is -0.280. The summed E-state index contributed by atoms with van der Waals surface area (Å²) < 4.78 is 0. The van der Waals surface area contributed by atoms with Gasteiger partial charge in [-0.1, -0.05) is 0 Å². The molecule has 7 N–H and O–H groups in total. The molecule has 112 valence electrons. The van der Waals surface area contributed by atoms with Crippen LogP contribution in [0.25, 0.3) is 0 Å². The normalized spacial score (nSPS) is 12.2. The maximum absolute atomic E-state index is 8.68. The molecule has 7 nitrogen and oxygen atoms in total. The van der Waals surface area contributed by atoms with Crippen molar-refractivity contribution < 1.29 is 20.4 Å². The average molecular weight is 267 g/mol. The lowest BCUT2D eigenvalue weighted by atomic mass is 10.4. The Balaban J connectivity index is 0. The van der Waals surface area contributed by atoms with Gasteiger partial charge in [0, 0.05) is 39.3 Å². The lowest BCUT2D eigenvalue weighted by Gasteiger charge is -2.17. The minimum Gasteiger partial charge on any atom is -0.395 e. The van der Waals surface area contributed by atoms with E-state index in [0.29, 0.717) is 32.7 Å². The lowest BCUT2D eigenvalue weighted by molar-refractivity contribution is 0.136. The van der Waals surface area contributed by atoms with Gasteiger partial charge < -0.3 is 31.5 Å². The summed E-state index contributed by atoms with van der Waals surface area (Å²) in [7, 11) is 0. The Labute approximate surface area is 109 Å². The molecule has 0 saturated carbocycles. The van der Waals surface area contributed by atoms with Gasteiger partial charge in [0.2, 0.25) is 0 Å². The summed E-state index contributed by atoms with van der Waals surface area (Å²) in [6.45, 7) is 5.54. The molecule has 18 heavy (non-hydrogen) atoms. The van der Waals surface area contributed by atoms with Crippen LogP contribution in [0.4, 0.5) is 0 Å². The minimum atomic E-state index is -0.262. The second-order valence-corrected chi connectivity index (χ2v) is 3.85. The quantitative estimate of drug-likeness (QED) is 0.236. The zero-order chi connectivity index (χ0) is 14.2. The molecule has 0 saturated heterocycles. The Bertz CT molecular complexity index is 136. The van der Waals surface area contributed by atoms with Gasteiger partial charge in [-0.15, -0.1) is 0 Å². The third kappa shape index (κ3) is 18.1. The van der Waals surface area contributed by atoms with Crippen molar-refractivity contribution in [2.45, 2.75) is 13.0 Å². The summed E-state index contributed by atoms with van der Waals surface area (Å²) in [4.78, 5) is 1.79. The fourth-order valence-corrected chi connectivity index (χ4v) is 1.17. The van der Waals surface area contributed by atoms with Gasteiger partial charge in [-0.25, -0.2) is 0 Å². The molecule has 1 atom stereocenters. The molecule has 0 rings (SSSR count). The van der Waals surface area contributed by atoms with Crippen molar-refractivity contribution in [1.29, 1.82) is 0 Å². The molecule has 7 heteroatoms. The predicted molar refractivity (Wildman–Crippen MR) is 71.3 cm³/mol. The molecular formula is C11H29N3O4. The molecule has 0 spiro atoms. The van der Waals surface area contributed by atoms with E-state index in [-0.39, 0.29) is 25.9 Å². The Morgan fingerprint density at radius 2 is 1.50 bits per heavy atom. The molecule has 0 fully saturated rings. The van der Waals surface area contributed by atoms with E-state index >= 15 is 0 Å². The maximum atomic E-state index is 8.68. The van der Waals surface area contributed by atoms with Crippen LogP contribution in [-0.2, 0) is 0 Å². The molecular weight excluding hydrogens is 238 g/mol. The number of nitrogens with one attached hydrogen (secondary N) is 1. The van der Waals surface area contributed by atoms with Gasteiger partial charge in [0.05, 0.1) is 25.9 Å². The van der Waals surface area contributed by atoms with Crippen LogP contribution in [0.15, 0.2) is 0 Å². The van der Waals surface area contributed by atoms with E-state index in [1.54, 1.807) is 11.8 Å². The van der Waals surface area contributed by atoms with E-state index in [0.717, 1.165) is 6.54 Å². The van der Waals surface area contributed by atoms with Gasteiger partial charge in [-0.2, -0.15) is 0 Å². The van der Waals surface area contributed by atoms with Crippen molar-refractivity contribution in [3.63, 3.8) is 0 Å². The fraction of sp³-hybridized carbons (Fsp3) is 1.00. The first-order chi connectivity index (χ1) is 8.62. The molecule has 0 aliphatic rings. The number of aliphatic hydroxyl groups excluding tert-OH is 4. The molecule has 0 aliphatic carbocycles. The van der Waals surface area contributed by atoms with Gasteiger partial charge in [0.1, 0.15) is 0 Å². The molecule has 0 radical (unpaired) electrons. The van der Waals surface area contributed by atoms with Crippen molar-refractivity contribution >= 4 is 0 Å². The van der Waals surface area contributed by atoms with Gasteiger partial charge in [0.15, 0.2) is 0 Å². The number of nitrogens with two attached hydrogens (primary N) is 1. The summed E-state index contributed by atoms with van der Waals surface area (Å²) in [5.41, 5.74) is 5.17. The number of nitrogens with zero attached hydrogens (tertiary/aromatic N) is 1. The van der Waals surface area contributed by atoms with Crippen molar-refractivity contribution in [1.82, 2.24) is 10.2 Å². The molecule has 0 aromatic heterocycles. The lowest BCUT2D eigenvalue weighted by Crippen LogP contribution is -2.32. The molecule has 0 amide bonds. The van der Waals surface area contributed by atoms with Crippen molar-refractivity contribution in [2.24, 2.45) is 5.73 Å². The molecule has 0 aromatic carbocycles. The zero-order valence-corrected chi connectivity index (χ0v) is 11.3. The Morgan fingerprint density at radius 3 is 1.78 bits per heavy atom. The largest absolute Gasteiger partial charge is 0.395 e. The summed E-state index contributed by atoms with van der Waals surface area (Å²) in [5, 5.41) is 37.1. The fourth-order valence-electron chi connectivity index (χ4n) is 1.17. The van der Waals surface area contributed by atoms with Crippen LogP contribution in [0.3, 0.4) is 0 Å². The first-order valence-corrected chi connectivity index (χ1v) is 6.26. The summed E-state index contributed by atoms with van der Waals surface area (Å²) in [6, 6.07) is 0. The number of aliphatic hydroxyl groups is 4. The molecule has 0 aliphatic heterocycles. The third-order valence-corrected chi connectivity index (χ3v) is 2.01. The third-order valence-electron chi connectivity index (χ3n) is 2.01. The number of hydrogen-bond acceptors (Lipinski definition) is 7. The minimum absolute atomic E-state index is 0.0694. The second kappa shape index (κ2) is 16.7. The van der Waals surface area contributed by atoms with Gasteiger partial charge >= 0.3 is 0 Å². The van der Waals surface area contributed by atoms with Crippen molar-refractivity contribution in [3.05, 3.63) is 0 Å². The van der Waals surface area contributed by atoms with Gasteiger partial charge in [0.25, 0.3) is 0 Å². The highest BCUT2D eigenvalue weighted by atomic mass is 16.3. The van der Waals surface area contributed by atoms with Crippen molar-refractivity contribution in [3.8, 4) is 0 Å². The predicted octanol–water partition coefficient (Wildman–Crippen LogP) is -2.82. The van der Waals surface area contributed by atoms with Crippen LogP contribution < -0.4 is 11.1 Å². The molecule has 0 aromatic rings. The second-order valence-electron chi connectivity index (χ2n) is 3.85. The van der Waals surface area contributed by atoms with E-state index in [2.05, 4.69) is 5.32 Å². The van der Waals surface area contributed by atoms with E-state index in [1.165, 1.54) is 0 Å². The van der Waals surface area contributed by atoms with Crippen LogP contribution in [0.1, 0.15) is 6.92 Å². The van der Waals surface area contributed by atoms with E-state index in [4.69, 9.17) is 26.2 Å². The molecule has 0 heterocycles. The highest BCUT2D eigenvalue weighted by Gasteiger charge is 2.00. The maximum Gasteiger partial charge on any atom is 0.0636 e. The number of rotatable bonds is 10. The smallest absolute Gasteiger partial charge is 0.0636 e. The SMILES string of the molecule is CC(O)CNCCN.OCCN(CCO)CCO. The zero-order valence-electron chi connectivity index (χ0n) is 11.3. The van der Waals surface area contributed by atoms with Gasteiger partial charge in [-0.3, -0.25) is 4.90 Å². The summed E-state index contributed by atoms with van der Waals surface area (Å²) >= 11 is 0. The molecule has 0 bridgehead atoms. The van der Waals surface area contributed by atoms with Crippen molar-refractivity contribution in [2.75, 3.05) is 59.1 Å². The summed E-state index contributed by atoms with van der Waals surface area (Å²) in [5.74, 6) is 0. The highest BCUT2D eigenvalue weighted by molar-refractivity contribution is 4.54. The monoisotopic (exact) mass is 267 g/mol. The van der Waals surface area contributed by atoms with Crippen LogP contribution in [-0.4, -0.2) is 90.5 Å². The van der Waals surface area contributed by atoms with Crippen LogP contribution in [0, 0.1) is 0 Å². The number of hydrogen-bond donors (Lipinski definition) is 6. The standard InChI is InChI=1S/C6H15NO3.C5H14N2O/c8-4-1-7(2-5-9)3-6-10;1-5(8)4-7-3-2-6/h8-10H,1-6H2;5,7-8H,2-4,6H2,1H3. The van der Waals surface area contributed by atoms with Crippen LogP contribution in [0.2, 0.25) is 0 Å². The van der Waals surface area contributed by atoms with E-state index in [1.807, 2.05) is 0 Å². The van der Waals surface area contributed by atoms with E-state index in [9.17, 15) is 0 Å². The molecule has 1 unspecified atom stereocenters. The Kier molecular flexibility index (Phi) is 18.6. The van der Waals surface area contributed by atoms with Gasteiger partial charge in [-0.05, 0) is 6.92 Å². The van der Waals surface area contributed by atoms with E-state index < -0.39 is 0 Å². The van der Waals surface area contributed by atoms with Crippen LogP contribution >= 0.6 is 0 Å². The first-order valence-electron chi connectivity index (χ1n) is 6.26. The first kappa shape index (κ1) is 20.0. The highest BCUT2D eigenvalue weighted by Crippen LogP contribution is 1.84. The topological polar surface area (TPSA) is 122 Å².